The quantitative estimate of drug-likeness (QED) is 0.745. The lowest BCUT2D eigenvalue weighted by molar-refractivity contribution is 0.102. The Morgan fingerprint density at radius 2 is 1.78 bits per heavy atom. The van der Waals surface area contributed by atoms with Gasteiger partial charge in [0, 0.05) is 22.2 Å². The van der Waals surface area contributed by atoms with Crippen molar-refractivity contribution in [2.75, 3.05) is 5.32 Å². The molecule has 3 aromatic rings. The number of rotatable bonds is 3. The smallest absolute Gasteiger partial charge is 0.259 e. The molecule has 0 aliphatic rings. The molecule has 0 unspecified atom stereocenters. The zero-order chi connectivity index (χ0) is 16.6. The molecule has 2 heterocycles. The monoisotopic (exact) mass is 326 g/mol. The molecule has 0 atom stereocenters. The van der Waals surface area contributed by atoms with Gasteiger partial charge in [0.1, 0.15) is 11.5 Å². The predicted octanol–water partition coefficient (Wildman–Crippen LogP) is 4.89. The number of nitrogens with zero attached hydrogens (tertiary/aromatic N) is 1. The van der Waals surface area contributed by atoms with Gasteiger partial charge in [-0.2, -0.15) is 0 Å². The molecule has 0 spiro atoms. The Bertz CT molecular complexity index is 860. The Balaban J connectivity index is 1.79. The van der Waals surface area contributed by atoms with E-state index in [0.717, 1.165) is 33.3 Å². The molecule has 0 saturated carbocycles. The summed E-state index contributed by atoms with van der Waals surface area (Å²) in [7, 11) is 0. The summed E-state index contributed by atoms with van der Waals surface area (Å²) >= 11 is 1.63. The fourth-order valence-electron chi connectivity index (χ4n) is 2.54. The van der Waals surface area contributed by atoms with Crippen molar-refractivity contribution >= 4 is 22.9 Å². The molecular weight excluding hydrogens is 308 g/mol. The highest BCUT2D eigenvalue weighted by Crippen LogP contribution is 2.25. The fraction of sp³-hybridized carbons (Fsp3) is 0.222. The number of aromatic nitrogens is 1. The van der Waals surface area contributed by atoms with E-state index in [9.17, 15) is 4.79 Å². The summed E-state index contributed by atoms with van der Waals surface area (Å²) in [5.74, 6) is 1.28. The molecule has 118 valence electrons. The molecule has 0 saturated heterocycles. The lowest BCUT2D eigenvalue weighted by Gasteiger charge is -2.06. The van der Waals surface area contributed by atoms with Crippen LogP contribution in [0.1, 0.15) is 32.4 Å². The van der Waals surface area contributed by atoms with Crippen LogP contribution in [0.2, 0.25) is 0 Å². The number of aryl methyl sites for hydroxylation is 3. The van der Waals surface area contributed by atoms with E-state index in [2.05, 4.69) is 10.3 Å². The number of hydrogen-bond donors (Lipinski definition) is 1. The lowest BCUT2D eigenvalue weighted by Crippen LogP contribution is -2.13. The molecule has 5 heteroatoms. The standard InChI is InChI=1S/C18H18N2O2S/c1-10-11(2)22-12(3)17(10)18(21)20-15-7-5-14(6-8-15)16-9-23-13(4)19-16/h5-9H,1-4H3,(H,20,21). The van der Waals surface area contributed by atoms with Crippen LogP contribution in [0.5, 0.6) is 0 Å². The maximum atomic E-state index is 12.4. The van der Waals surface area contributed by atoms with Gasteiger partial charge < -0.3 is 9.73 Å². The van der Waals surface area contributed by atoms with Crippen LogP contribution in [-0.2, 0) is 0 Å². The second-order valence-corrected chi connectivity index (χ2v) is 6.56. The number of furan rings is 1. The Morgan fingerprint density at radius 1 is 1.09 bits per heavy atom. The number of amides is 1. The van der Waals surface area contributed by atoms with E-state index in [4.69, 9.17) is 4.42 Å². The first kappa shape index (κ1) is 15.5. The van der Waals surface area contributed by atoms with Gasteiger partial charge in [0.15, 0.2) is 0 Å². The minimum absolute atomic E-state index is 0.144. The number of carbonyl (C=O) groups excluding carboxylic acids is 1. The highest BCUT2D eigenvalue weighted by atomic mass is 32.1. The third-order valence-electron chi connectivity index (χ3n) is 3.85. The van der Waals surface area contributed by atoms with Crippen LogP contribution in [0.15, 0.2) is 34.1 Å². The van der Waals surface area contributed by atoms with Crippen LogP contribution in [-0.4, -0.2) is 10.9 Å². The van der Waals surface area contributed by atoms with Crippen molar-refractivity contribution in [1.29, 1.82) is 0 Å². The summed E-state index contributed by atoms with van der Waals surface area (Å²) in [4.78, 5) is 16.9. The van der Waals surface area contributed by atoms with Gasteiger partial charge in [-0.1, -0.05) is 12.1 Å². The topological polar surface area (TPSA) is 55.1 Å². The Labute approximate surface area is 139 Å². The van der Waals surface area contributed by atoms with Gasteiger partial charge in [-0.15, -0.1) is 11.3 Å². The van der Waals surface area contributed by atoms with Crippen molar-refractivity contribution in [3.8, 4) is 11.3 Å². The van der Waals surface area contributed by atoms with Crippen LogP contribution in [0.25, 0.3) is 11.3 Å². The predicted molar refractivity (Wildman–Crippen MR) is 93.2 cm³/mol. The number of anilines is 1. The molecule has 0 bridgehead atoms. The Kier molecular flexibility index (Phi) is 4.05. The molecule has 0 radical (unpaired) electrons. The first-order valence-corrected chi connectivity index (χ1v) is 8.24. The van der Waals surface area contributed by atoms with Crippen molar-refractivity contribution in [3.63, 3.8) is 0 Å². The molecule has 0 aliphatic carbocycles. The van der Waals surface area contributed by atoms with Gasteiger partial charge >= 0.3 is 0 Å². The van der Waals surface area contributed by atoms with E-state index in [-0.39, 0.29) is 5.91 Å². The van der Waals surface area contributed by atoms with E-state index in [1.54, 1.807) is 11.3 Å². The summed E-state index contributed by atoms with van der Waals surface area (Å²) in [6.07, 6.45) is 0. The largest absolute Gasteiger partial charge is 0.466 e. The van der Waals surface area contributed by atoms with Gasteiger partial charge in [0.25, 0.3) is 5.91 Å². The Hall–Kier alpha value is -2.40. The third-order valence-corrected chi connectivity index (χ3v) is 4.62. The van der Waals surface area contributed by atoms with Crippen molar-refractivity contribution in [2.45, 2.75) is 27.7 Å². The maximum absolute atomic E-state index is 12.4. The fourth-order valence-corrected chi connectivity index (χ4v) is 3.16. The molecule has 3 rings (SSSR count). The van der Waals surface area contributed by atoms with Gasteiger partial charge in [0.2, 0.25) is 0 Å². The van der Waals surface area contributed by atoms with Crippen molar-refractivity contribution in [2.24, 2.45) is 0 Å². The lowest BCUT2D eigenvalue weighted by atomic mass is 10.1. The zero-order valence-electron chi connectivity index (χ0n) is 13.6. The summed E-state index contributed by atoms with van der Waals surface area (Å²) in [6, 6.07) is 7.70. The molecule has 23 heavy (non-hydrogen) atoms. The van der Waals surface area contributed by atoms with Gasteiger partial charge in [-0.05, 0) is 39.8 Å². The van der Waals surface area contributed by atoms with Crippen LogP contribution < -0.4 is 5.32 Å². The number of hydrogen-bond acceptors (Lipinski definition) is 4. The van der Waals surface area contributed by atoms with Gasteiger partial charge in [-0.3, -0.25) is 4.79 Å². The molecule has 2 aromatic heterocycles. The highest BCUT2D eigenvalue weighted by molar-refractivity contribution is 7.09. The number of nitrogens with one attached hydrogen (secondary N) is 1. The summed E-state index contributed by atoms with van der Waals surface area (Å²) in [6.45, 7) is 7.56. The van der Waals surface area contributed by atoms with Gasteiger partial charge in [0.05, 0.1) is 16.3 Å². The van der Waals surface area contributed by atoms with E-state index in [1.807, 2.05) is 57.3 Å². The van der Waals surface area contributed by atoms with Crippen LogP contribution in [0, 0.1) is 27.7 Å². The summed E-state index contributed by atoms with van der Waals surface area (Å²) in [5.41, 5.74) is 4.25. The SMILES string of the molecule is Cc1nc(-c2ccc(NC(=O)c3c(C)oc(C)c3C)cc2)cs1. The number of benzene rings is 1. The van der Waals surface area contributed by atoms with E-state index in [0.29, 0.717) is 11.3 Å². The minimum Gasteiger partial charge on any atom is -0.466 e. The minimum atomic E-state index is -0.144. The average Bonchev–Trinajstić information content (AvgIpc) is 3.04. The number of thiazole rings is 1. The van der Waals surface area contributed by atoms with Crippen molar-refractivity contribution < 1.29 is 9.21 Å². The van der Waals surface area contributed by atoms with Crippen molar-refractivity contribution in [3.05, 3.63) is 57.3 Å². The first-order valence-electron chi connectivity index (χ1n) is 7.36. The molecular formula is C18H18N2O2S. The average molecular weight is 326 g/mol. The van der Waals surface area contributed by atoms with E-state index < -0.39 is 0 Å². The van der Waals surface area contributed by atoms with E-state index >= 15 is 0 Å². The highest BCUT2D eigenvalue weighted by Gasteiger charge is 2.18. The summed E-state index contributed by atoms with van der Waals surface area (Å²) < 4.78 is 5.52. The van der Waals surface area contributed by atoms with Crippen LogP contribution in [0.4, 0.5) is 5.69 Å². The molecule has 1 N–H and O–H groups in total. The Morgan fingerprint density at radius 3 is 2.30 bits per heavy atom. The first-order chi connectivity index (χ1) is 11.0. The molecule has 1 amide bonds. The molecule has 0 fully saturated rings. The zero-order valence-corrected chi connectivity index (χ0v) is 14.4. The molecule has 0 aliphatic heterocycles. The second kappa shape index (κ2) is 6.01. The van der Waals surface area contributed by atoms with Crippen LogP contribution in [0.3, 0.4) is 0 Å². The van der Waals surface area contributed by atoms with Crippen LogP contribution >= 0.6 is 11.3 Å². The van der Waals surface area contributed by atoms with E-state index in [1.165, 1.54) is 0 Å². The molecule has 1 aromatic carbocycles. The number of carbonyl (C=O) groups is 1. The maximum Gasteiger partial charge on any atom is 0.259 e. The summed E-state index contributed by atoms with van der Waals surface area (Å²) in [5, 5.41) is 5.99. The normalized spacial score (nSPS) is 10.8. The third kappa shape index (κ3) is 3.05. The molecule has 4 nitrogen and oxygen atoms in total. The van der Waals surface area contributed by atoms with Gasteiger partial charge in [-0.25, -0.2) is 4.98 Å². The van der Waals surface area contributed by atoms with Crippen molar-refractivity contribution in [1.82, 2.24) is 4.98 Å². The second-order valence-electron chi connectivity index (χ2n) is 5.50.